The van der Waals surface area contributed by atoms with E-state index >= 15 is 0 Å². The van der Waals surface area contributed by atoms with Crippen LogP contribution in [0.3, 0.4) is 0 Å². The van der Waals surface area contributed by atoms with Gasteiger partial charge in [0.15, 0.2) is 5.82 Å². The number of hydrogen-bond donors (Lipinski definition) is 1. The summed E-state index contributed by atoms with van der Waals surface area (Å²) in [5, 5.41) is 19.9. The van der Waals surface area contributed by atoms with Gasteiger partial charge in [-0.2, -0.15) is 4.68 Å². The maximum atomic E-state index is 10.6. The highest BCUT2D eigenvalue weighted by atomic mass is 16.4. The van der Waals surface area contributed by atoms with Crippen molar-refractivity contribution in [1.29, 1.82) is 0 Å². The van der Waals surface area contributed by atoms with Crippen LogP contribution in [0.5, 0.6) is 0 Å². The fourth-order valence-electron chi connectivity index (χ4n) is 2.02. The zero-order valence-corrected chi connectivity index (χ0v) is 12.0. The number of rotatable bonds is 6. The summed E-state index contributed by atoms with van der Waals surface area (Å²) < 4.78 is 1.49. The molecule has 0 spiro atoms. The molecule has 0 atom stereocenters. The molecule has 1 N–H and O–H groups in total. The third kappa shape index (κ3) is 3.44. The third-order valence-corrected chi connectivity index (χ3v) is 3.09. The van der Waals surface area contributed by atoms with Crippen molar-refractivity contribution in [3.63, 3.8) is 0 Å². The molecule has 0 unspecified atom stereocenters. The van der Waals surface area contributed by atoms with Crippen molar-refractivity contribution < 1.29 is 9.90 Å². The number of nitrogens with zero attached hydrogens (tertiary/aromatic N) is 5. The van der Waals surface area contributed by atoms with E-state index in [1.54, 1.807) is 0 Å². The molecule has 2 aromatic rings. The summed E-state index contributed by atoms with van der Waals surface area (Å²) in [5.74, 6) is -0.672. The lowest BCUT2D eigenvalue weighted by atomic mass is 10.2. The molecule has 1 aromatic heterocycles. The van der Waals surface area contributed by atoms with Crippen LogP contribution in [0.15, 0.2) is 30.3 Å². The Morgan fingerprint density at radius 3 is 2.52 bits per heavy atom. The number of benzene rings is 1. The van der Waals surface area contributed by atoms with Crippen LogP contribution >= 0.6 is 0 Å². The Hall–Kier alpha value is -2.70. The molecule has 0 saturated heterocycles. The Morgan fingerprint density at radius 1 is 1.29 bits per heavy atom. The van der Waals surface area contributed by atoms with Gasteiger partial charge < -0.3 is 10.0 Å². The van der Waals surface area contributed by atoms with Gasteiger partial charge in [0, 0.05) is 24.9 Å². The highest BCUT2D eigenvalue weighted by Crippen LogP contribution is 2.17. The maximum absolute atomic E-state index is 10.6. The first kappa shape index (κ1) is 14.7. The number of anilines is 1. The lowest BCUT2D eigenvalue weighted by Gasteiger charge is -2.21. The molecule has 1 aromatic carbocycles. The van der Waals surface area contributed by atoms with Crippen molar-refractivity contribution in [3.05, 3.63) is 36.2 Å². The first-order valence-electron chi connectivity index (χ1n) is 6.70. The van der Waals surface area contributed by atoms with E-state index in [0.29, 0.717) is 5.82 Å². The Balaban J connectivity index is 2.27. The summed E-state index contributed by atoms with van der Waals surface area (Å²) in [6, 6.07) is 7.80. The van der Waals surface area contributed by atoms with Crippen molar-refractivity contribution in [2.75, 3.05) is 18.0 Å². The molecule has 0 aliphatic rings. The predicted molar refractivity (Wildman–Crippen MR) is 79.4 cm³/mol. The van der Waals surface area contributed by atoms with Gasteiger partial charge in [0.05, 0.1) is 5.69 Å². The van der Waals surface area contributed by atoms with E-state index in [4.69, 9.17) is 5.11 Å². The molecule has 0 aliphatic heterocycles. The quantitative estimate of drug-likeness (QED) is 0.812. The number of aliphatic carboxylic acids is 1. The van der Waals surface area contributed by atoms with Gasteiger partial charge in [-0.1, -0.05) is 0 Å². The van der Waals surface area contributed by atoms with E-state index in [9.17, 15) is 4.79 Å². The van der Waals surface area contributed by atoms with Crippen LogP contribution < -0.4 is 4.90 Å². The Morgan fingerprint density at radius 2 is 1.95 bits per heavy atom. The maximum Gasteiger partial charge on any atom is 0.328 e. The second-order valence-electron chi connectivity index (χ2n) is 4.31. The molecule has 0 radical (unpaired) electrons. The number of aromatic nitrogens is 4. The Kier molecular flexibility index (Phi) is 4.65. The van der Waals surface area contributed by atoms with Crippen LogP contribution in [0.1, 0.15) is 19.7 Å². The van der Waals surface area contributed by atoms with Crippen molar-refractivity contribution in [2.24, 2.45) is 0 Å². The molecule has 0 saturated carbocycles. The first-order chi connectivity index (χ1) is 10.2. The topological polar surface area (TPSA) is 84.1 Å². The van der Waals surface area contributed by atoms with Crippen LogP contribution in [-0.2, 0) is 4.79 Å². The summed E-state index contributed by atoms with van der Waals surface area (Å²) in [4.78, 5) is 12.8. The number of hydrogen-bond acceptors (Lipinski definition) is 5. The van der Waals surface area contributed by atoms with Crippen LogP contribution in [0.25, 0.3) is 11.8 Å². The van der Waals surface area contributed by atoms with Crippen LogP contribution in [-0.4, -0.2) is 44.4 Å². The molecular formula is C14H17N5O2. The minimum absolute atomic E-state index is 0.369. The monoisotopic (exact) mass is 287 g/mol. The SMILES string of the molecule is CCN(CC)c1ccc(-n2nnnc2/C=C/C(=O)O)cc1. The number of carboxylic acids is 1. The normalized spacial score (nSPS) is 11.0. The zero-order valence-electron chi connectivity index (χ0n) is 12.0. The summed E-state index contributed by atoms with van der Waals surface area (Å²) in [6.45, 7) is 6.09. The molecule has 0 bridgehead atoms. The fraction of sp³-hybridized carbons (Fsp3) is 0.286. The molecular weight excluding hydrogens is 270 g/mol. The number of carboxylic acid groups (broad SMARTS) is 1. The van der Waals surface area contributed by atoms with E-state index in [0.717, 1.165) is 30.5 Å². The highest BCUT2D eigenvalue weighted by molar-refractivity contribution is 5.84. The lowest BCUT2D eigenvalue weighted by molar-refractivity contribution is -0.131. The molecule has 0 fully saturated rings. The van der Waals surface area contributed by atoms with Gasteiger partial charge in [-0.3, -0.25) is 0 Å². The van der Waals surface area contributed by atoms with Crippen molar-refractivity contribution >= 4 is 17.7 Å². The minimum Gasteiger partial charge on any atom is -0.478 e. The van der Waals surface area contributed by atoms with Gasteiger partial charge in [0.25, 0.3) is 0 Å². The number of carbonyl (C=O) groups is 1. The molecule has 110 valence electrons. The largest absolute Gasteiger partial charge is 0.478 e. The van der Waals surface area contributed by atoms with Gasteiger partial charge in [-0.05, 0) is 54.6 Å². The van der Waals surface area contributed by atoms with Crippen LogP contribution in [0, 0.1) is 0 Å². The van der Waals surface area contributed by atoms with Crippen molar-refractivity contribution in [3.8, 4) is 5.69 Å². The average Bonchev–Trinajstić information content (AvgIpc) is 2.95. The predicted octanol–water partition coefficient (Wildman–Crippen LogP) is 1.61. The summed E-state index contributed by atoms with van der Waals surface area (Å²) >= 11 is 0. The van der Waals surface area contributed by atoms with Crippen LogP contribution in [0.4, 0.5) is 5.69 Å². The molecule has 7 nitrogen and oxygen atoms in total. The summed E-state index contributed by atoms with van der Waals surface area (Å²) in [7, 11) is 0. The average molecular weight is 287 g/mol. The van der Waals surface area contributed by atoms with Gasteiger partial charge in [0.1, 0.15) is 0 Å². The van der Waals surface area contributed by atoms with Gasteiger partial charge in [-0.15, -0.1) is 5.10 Å². The summed E-state index contributed by atoms with van der Waals surface area (Å²) in [5.41, 5.74) is 1.90. The van der Waals surface area contributed by atoms with E-state index < -0.39 is 5.97 Å². The summed E-state index contributed by atoms with van der Waals surface area (Å²) in [6.07, 6.45) is 2.37. The molecule has 0 aliphatic carbocycles. The standard InChI is InChI=1S/C14H17N5O2/c1-3-18(4-2)11-5-7-12(8-6-11)19-13(15-16-17-19)9-10-14(20)21/h5-10H,3-4H2,1-2H3,(H,20,21)/b10-9+. The van der Waals surface area contributed by atoms with Crippen molar-refractivity contribution in [2.45, 2.75) is 13.8 Å². The highest BCUT2D eigenvalue weighted by Gasteiger charge is 2.07. The van der Waals surface area contributed by atoms with E-state index in [-0.39, 0.29) is 0 Å². The minimum atomic E-state index is -1.04. The van der Waals surface area contributed by atoms with E-state index in [2.05, 4.69) is 34.3 Å². The second kappa shape index (κ2) is 6.65. The van der Waals surface area contributed by atoms with Crippen molar-refractivity contribution in [1.82, 2.24) is 20.2 Å². The molecule has 21 heavy (non-hydrogen) atoms. The zero-order chi connectivity index (χ0) is 15.2. The molecule has 0 amide bonds. The van der Waals surface area contributed by atoms with Gasteiger partial charge in [0.2, 0.25) is 0 Å². The Bertz CT molecular complexity index is 629. The second-order valence-corrected chi connectivity index (χ2v) is 4.31. The smallest absolute Gasteiger partial charge is 0.328 e. The Labute approximate surface area is 122 Å². The fourth-order valence-corrected chi connectivity index (χ4v) is 2.02. The molecule has 2 rings (SSSR count). The lowest BCUT2D eigenvalue weighted by Crippen LogP contribution is -2.21. The van der Waals surface area contributed by atoms with E-state index in [1.807, 2.05) is 24.3 Å². The van der Waals surface area contributed by atoms with E-state index in [1.165, 1.54) is 10.8 Å². The third-order valence-electron chi connectivity index (χ3n) is 3.09. The van der Waals surface area contributed by atoms with Gasteiger partial charge >= 0.3 is 5.97 Å². The first-order valence-corrected chi connectivity index (χ1v) is 6.70. The molecule has 1 heterocycles. The van der Waals surface area contributed by atoms with Gasteiger partial charge in [-0.25, -0.2) is 4.79 Å². The van der Waals surface area contributed by atoms with Crippen LogP contribution in [0.2, 0.25) is 0 Å². The number of tetrazole rings is 1. The molecule has 7 heteroatoms.